The summed E-state index contributed by atoms with van der Waals surface area (Å²) in [6.45, 7) is 0.639. The molecule has 94 valence electrons. The minimum absolute atomic E-state index is 0.237. The summed E-state index contributed by atoms with van der Waals surface area (Å²) in [5.41, 5.74) is 1.93. The van der Waals surface area contributed by atoms with Crippen LogP contribution in [0.1, 0.15) is 5.56 Å². The molecule has 0 saturated heterocycles. The van der Waals surface area contributed by atoms with Crippen LogP contribution in [0.15, 0.2) is 45.3 Å². The first-order valence-electron chi connectivity index (χ1n) is 5.22. The van der Waals surface area contributed by atoms with Gasteiger partial charge in [0.2, 0.25) is 0 Å². The number of hydrogen-bond acceptors (Lipinski definition) is 2. The molecule has 0 fully saturated rings. The maximum Gasteiger partial charge on any atom is 0.129 e. The predicted molar refractivity (Wildman–Crippen MR) is 82.3 cm³/mol. The summed E-state index contributed by atoms with van der Waals surface area (Å²) in [6, 6.07) is 11.1. The highest BCUT2D eigenvalue weighted by Gasteiger charge is 2.02. The third-order valence-electron chi connectivity index (χ3n) is 2.43. The van der Waals surface area contributed by atoms with Crippen molar-refractivity contribution >= 4 is 49.1 Å². The number of phenols is 1. The lowest BCUT2D eigenvalue weighted by atomic mass is 10.2. The van der Waals surface area contributed by atoms with Crippen molar-refractivity contribution in [3.8, 4) is 5.75 Å². The van der Waals surface area contributed by atoms with E-state index in [0.717, 1.165) is 15.7 Å². The van der Waals surface area contributed by atoms with Gasteiger partial charge in [0.05, 0.1) is 15.2 Å². The molecule has 2 aromatic rings. The molecule has 0 amide bonds. The van der Waals surface area contributed by atoms with Gasteiger partial charge in [-0.2, -0.15) is 0 Å². The first-order valence-corrected chi connectivity index (χ1v) is 7.19. The van der Waals surface area contributed by atoms with Gasteiger partial charge in [-0.25, -0.2) is 0 Å². The van der Waals surface area contributed by atoms with Gasteiger partial charge in [0.15, 0.2) is 0 Å². The molecule has 0 unspecified atom stereocenters. The van der Waals surface area contributed by atoms with E-state index in [2.05, 4.69) is 37.2 Å². The van der Waals surface area contributed by atoms with Crippen LogP contribution < -0.4 is 5.32 Å². The summed E-state index contributed by atoms with van der Waals surface area (Å²) in [6.07, 6.45) is 0. The second-order valence-electron chi connectivity index (χ2n) is 3.76. The largest absolute Gasteiger partial charge is 0.507 e. The van der Waals surface area contributed by atoms with E-state index in [1.165, 1.54) is 0 Å². The predicted octanol–water partition coefficient (Wildman–Crippen LogP) is 5.18. The Morgan fingerprint density at radius 3 is 2.56 bits per heavy atom. The maximum atomic E-state index is 9.41. The van der Waals surface area contributed by atoms with Gasteiger partial charge >= 0.3 is 0 Å². The number of rotatable bonds is 3. The van der Waals surface area contributed by atoms with E-state index < -0.39 is 0 Å². The van der Waals surface area contributed by atoms with Gasteiger partial charge in [-0.05, 0) is 51.8 Å². The lowest BCUT2D eigenvalue weighted by Crippen LogP contribution is -1.99. The summed E-state index contributed by atoms with van der Waals surface area (Å²) in [4.78, 5) is 0. The number of aromatic hydroxyl groups is 1. The Hall–Kier alpha value is -0.710. The number of hydrogen-bond donors (Lipinski definition) is 2. The zero-order valence-corrected chi connectivity index (χ0v) is 13.2. The second kappa shape index (κ2) is 5.95. The van der Waals surface area contributed by atoms with E-state index in [-0.39, 0.29) is 5.75 Å². The molecule has 0 aliphatic rings. The third kappa shape index (κ3) is 3.40. The highest BCUT2D eigenvalue weighted by atomic mass is 79.9. The van der Waals surface area contributed by atoms with Crippen molar-refractivity contribution < 1.29 is 5.11 Å². The quantitative estimate of drug-likeness (QED) is 0.755. The molecule has 0 atom stereocenters. The molecule has 18 heavy (non-hydrogen) atoms. The van der Waals surface area contributed by atoms with Gasteiger partial charge in [0.1, 0.15) is 5.75 Å². The zero-order valence-electron chi connectivity index (χ0n) is 9.25. The molecule has 0 aliphatic carbocycles. The molecular formula is C13H10Br2ClNO. The van der Waals surface area contributed by atoms with Crippen LogP contribution in [0.3, 0.4) is 0 Å². The molecule has 0 bridgehead atoms. The number of phenolic OH excluding ortho intramolecular Hbond substituents is 1. The average molecular weight is 391 g/mol. The SMILES string of the molecule is Oc1ccc(CNc2ccc(Br)cc2Cl)cc1Br. The van der Waals surface area contributed by atoms with Crippen LogP contribution in [0, 0.1) is 0 Å². The van der Waals surface area contributed by atoms with Gasteiger partial charge < -0.3 is 10.4 Å². The summed E-state index contributed by atoms with van der Waals surface area (Å²) in [7, 11) is 0. The Balaban J connectivity index is 2.09. The van der Waals surface area contributed by atoms with Gasteiger partial charge in [-0.15, -0.1) is 0 Å². The smallest absolute Gasteiger partial charge is 0.129 e. The molecule has 0 radical (unpaired) electrons. The number of nitrogens with one attached hydrogen (secondary N) is 1. The number of anilines is 1. The maximum absolute atomic E-state index is 9.41. The lowest BCUT2D eigenvalue weighted by Gasteiger charge is -2.09. The van der Waals surface area contributed by atoms with Crippen molar-refractivity contribution in [2.24, 2.45) is 0 Å². The molecule has 0 saturated carbocycles. The van der Waals surface area contributed by atoms with E-state index in [0.29, 0.717) is 16.0 Å². The Morgan fingerprint density at radius 2 is 1.89 bits per heavy atom. The van der Waals surface area contributed by atoms with E-state index in [9.17, 15) is 5.11 Å². The molecule has 2 N–H and O–H groups in total. The van der Waals surface area contributed by atoms with Crippen LogP contribution in [-0.2, 0) is 6.54 Å². The molecule has 2 nitrogen and oxygen atoms in total. The van der Waals surface area contributed by atoms with Gasteiger partial charge in [0.25, 0.3) is 0 Å². The van der Waals surface area contributed by atoms with E-state index in [1.807, 2.05) is 30.3 Å². The zero-order chi connectivity index (χ0) is 13.1. The molecule has 2 aromatic carbocycles. The van der Waals surface area contributed by atoms with Crippen molar-refractivity contribution in [2.75, 3.05) is 5.32 Å². The van der Waals surface area contributed by atoms with Crippen molar-refractivity contribution in [1.82, 2.24) is 0 Å². The molecule has 0 spiro atoms. The first kappa shape index (κ1) is 13.7. The molecular weight excluding hydrogens is 381 g/mol. The molecule has 0 heterocycles. The Kier molecular flexibility index (Phi) is 4.54. The van der Waals surface area contributed by atoms with Crippen LogP contribution in [0.2, 0.25) is 5.02 Å². The molecule has 0 aliphatic heterocycles. The first-order chi connectivity index (χ1) is 8.56. The van der Waals surface area contributed by atoms with Crippen molar-refractivity contribution in [2.45, 2.75) is 6.54 Å². The van der Waals surface area contributed by atoms with Crippen LogP contribution in [-0.4, -0.2) is 5.11 Å². The van der Waals surface area contributed by atoms with Crippen LogP contribution in [0.4, 0.5) is 5.69 Å². The molecule has 5 heteroatoms. The Morgan fingerprint density at radius 1 is 1.11 bits per heavy atom. The average Bonchev–Trinajstić information content (AvgIpc) is 2.32. The van der Waals surface area contributed by atoms with Crippen LogP contribution >= 0.6 is 43.5 Å². The standard InChI is InChI=1S/C13H10Br2ClNO/c14-9-2-3-12(11(16)6-9)17-7-8-1-4-13(18)10(15)5-8/h1-6,17-18H,7H2. The fourth-order valence-electron chi connectivity index (χ4n) is 1.49. The third-order valence-corrected chi connectivity index (χ3v) is 3.87. The fourth-order valence-corrected chi connectivity index (χ4v) is 2.66. The lowest BCUT2D eigenvalue weighted by molar-refractivity contribution is 0.471. The second-order valence-corrected chi connectivity index (χ2v) is 5.94. The van der Waals surface area contributed by atoms with Crippen LogP contribution in [0.5, 0.6) is 5.75 Å². The summed E-state index contributed by atoms with van der Waals surface area (Å²) >= 11 is 12.8. The minimum atomic E-state index is 0.237. The highest BCUT2D eigenvalue weighted by Crippen LogP contribution is 2.27. The summed E-state index contributed by atoms with van der Waals surface area (Å²) in [5.74, 6) is 0.237. The Bertz CT molecular complexity index is 575. The highest BCUT2D eigenvalue weighted by molar-refractivity contribution is 9.10. The summed E-state index contributed by atoms with van der Waals surface area (Å²) in [5, 5.41) is 13.3. The number of benzene rings is 2. The molecule has 2 rings (SSSR count). The van der Waals surface area contributed by atoms with Crippen LogP contribution in [0.25, 0.3) is 0 Å². The van der Waals surface area contributed by atoms with Gasteiger partial charge in [0, 0.05) is 11.0 Å². The van der Waals surface area contributed by atoms with E-state index in [4.69, 9.17) is 11.6 Å². The van der Waals surface area contributed by atoms with Crippen molar-refractivity contribution in [3.05, 3.63) is 55.9 Å². The summed E-state index contributed by atoms with van der Waals surface area (Å²) < 4.78 is 1.63. The monoisotopic (exact) mass is 389 g/mol. The topological polar surface area (TPSA) is 32.3 Å². The van der Waals surface area contributed by atoms with E-state index in [1.54, 1.807) is 6.07 Å². The minimum Gasteiger partial charge on any atom is -0.507 e. The van der Waals surface area contributed by atoms with E-state index >= 15 is 0 Å². The van der Waals surface area contributed by atoms with Gasteiger partial charge in [-0.3, -0.25) is 0 Å². The van der Waals surface area contributed by atoms with Crippen molar-refractivity contribution in [3.63, 3.8) is 0 Å². The Labute approximate surface area is 127 Å². The van der Waals surface area contributed by atoms with Gasteiger partial charge in [-0.1, -0.05) is 33.6 Å². The molecule has 0 aromatic heterocycles. The van der Waals surface area contributed by atoms with Crippen molar-refractivity contribution in [1.29, 1.82) is 0 Å². The number of halogens is 3. The normalized spacial score (nSPS) is 10.4. The fraction of sp³-hybridized carbons (Fsp3) is 0.0769.